The molecule has 0 N–H and O–H groups in total. The molecule has 18 aromatic rings. The molecule has 0 aliphatic heterocycles. The minimum atomic E-state index is -0.293. The van der Waals surface area contributed by atoms with Gasteiger partial charge >= 0.3 is 0 Å². The van der Waals surface area contributed by atoms with Gasteiger partial charge in [0.1, 0.15) is 0 Å². The van der Waals surface area contributed by atoms with Crippen LogP contribution in [0, 0.1) is 0 Å². The predicted molar refractivity (Wildman–Crippen MR) is 467 cm³/mol. The van der Waals surface area contributed by atoms with Crippen LogP contribution in [0.15, 0.2) is 340 Å². The lowest BCUT2D eigenvalue weighted by molar-refractivity contribution is 0.660. The third-order valence-corrected chi connectivity index (χ3v) is 26.3. The molecule has 0 amide bonds. The molecular weight excluding hydrogens is 1320 g/mol. The zero-order valence-corrected chi connectivity index (χ0v) is 63.3. The van der Waals surface area contributed by atoms with Gasteiger partial charge in [0, 0.05) is 21.7 Å². The summed E-state index contributed by atoms with van der Waals surface area (Å²) in [5, 5.41) is 9.92. The lowest BCUT2D eigenvalue weighted by atomic mass is 9.78. The Morgan fingerprint density at radius 2 is 0.436 bits per heavy atom. The van der Waals surface area contributed by atoms with Crippen LogP contribution in [-0.4, -0.2) is 0 Å². The highest BCUT2D eigenvalue weighted by Crippen LogP contribution is 2.62. The van der Waals surface area contributed by atoms with Crippen molar-refractivity contribution in [2.45, 2.75) is 77.0 Å². The average Bonchev–Trinajstić information content (AvgIpc) is 0.983. The van der Waals surface area contributed by atoms with E-state index in [1.807, 2.05) is 0 Å². The van der Waals surface area contributed by atoms with Crippen LogP contribution < -0.4 is 0 Å². The molecule has 0 heterocycles. The summed E-state index contributed by atoms with van der Waals surface area (Å²) in [5.41, 5.74) is 42.2. The van der Waals surface area contributed by atoms with Crippen molar-refractivity contribution in [1.82, 2.24) is 0 Å². The Labute approximate surface area is 644 Å². The van der Waals surface area contributed by atoms with Crippen LogP contribution in [0.2, 0.25) is 0 Å². The summed E-state index contributed by atoms with van der Waals surface area (Å²) >= 11 is 0. The first-order valence-corrected chi connectivity index (χ1v) is 39.3. The summed E-state index contributed by atoms with van der Waals surface area (Å²) < 4.78 is 0. The number of benzene rings is 18. The largest absolute Gasteiger partial charge is 0.0622 e. The zero-order valence-electron chi connectivity index (χ0n) is 63.3. The van der Waals surface area contributed by atoms with Gasteiger partial charge in [-0.15, -0.1) is 0 Å². The zero-order chi connectivity index (χ0) is 73.8. The van der Waals surface area contributed by atoms with Crippen LogP contribution in [0.3, 0.4) is 0 Å². The topological polar surface area (TPSA) is 0 Å². The van der Waals surface area contributed by atoms with Gasteiger partial charge in [-0.05, 0) is 299 Å². The van der Waals surface area contributed by atoms with E-state index < -0.39 is 0 Å². The summed E-state index contributed by atoms with van der Waals surface area (Å²) in [6.45, 7) is 19.5. The Kier molecular flexibility index (Phi) is 13.7. The van der Waals surface area contributed by atoms with E-state index in [0.29, 0.717) is 0 Å². The third kappa shape index (κ3) is 9.14. The van der Waals surface area contributed by atoms with E-state index in [4.69, 9.17) is 0 Å². The van der Waals surface area contributed by atoms with E-state index in [9.17, 15) is 0 Å². The first-order valence-electron chi connectivity index (χ1n) is 39.3. The van der Waals surface area contributed by atoms with Crippen molar-refractivity contribution in [2.75, 3.05) is 0 Å². The molecule has 4 aliphatic rings. The smallest absolute Gasteiger partial charge is 0.0159 e. The Bertz CT molecular complexity index is 6950. The molecule has 0 radical (unpaired) electrons. The van der Waals surface area contributed by atoms with E-state index in [0.717, 1.165) is 0 Å². The summed E-state index contributed by atoms with van der Waals surface area (Å²) in [7, 11) is 0. The first-order chi connectivity index (χ1) is 53.6. The van der Waals surface area contributed by atoms with Crippen molar-refractivity contribution < 1.29 is 0 Å². The van der Waals surface area contributed by atoms with Crippen molar-refractivity contribution >= 4 is 43.1 Å². The molecule has 110 heavy (non-hydrogen) atoms. The van der Waals surface area contributed by atoms with Gasteiger partial charge < -0.3 is 0 Å². The molecule has 0 spiro atoms. The number of fused-ring (bicyclic) bond motifs is 14. The molecule has 0 heteroatoms. The van der Waals surface area contributed by atoms with Crippen molar-refractivity contribution in [3.05, 3.63) is 384 Å². The Balaban J connectivity index is 0.941. The highest BCUT2D eigenvalue weighted by Gasteiger charge is 2.43. The van der Waals surface area contributed by atoms with E-state index in [2.05, 4.69) is 395 Å². The SMILES string of the molecule is CC1(C)c2ccccc2-c2c(-c3cc4cc(-c5c(-c6ccccc6)ccc6c5-c5ccccc5C6(C)C)cc5c6cc(-c7c(-c8ccccc8)ccc8c7-c7ccccc7C8(C)C)cc7cc(-c8c(-c9ccccc9)ccc9c8-c8ccccc8C9(C)C)cc(c(c3)c45)c76)cc(-c3cccc(-c4ccccc4)c3)cc21. The monoisotopic (exact) mass is 1400 g/mol. The molecule has 0 nitrogen and oxygen atoms in total. The molecular formula is C110H80. The maximum atomic E-state index is 2.64. The lowest BCUT2D eigenvalue weighted by Gasteiger charge is -2.25. The number of hydrogen-bond donors (Lipinski definition) is 0. The molecule has 0 unspecified atom stereocenters. The molecule has 0 fully saturated rings. The van der Waals surface area contributed by atoms with Crippen LogP contribution in [0.1, 0.15) is 99.9 Å². The highest BCUT2D eigenvalue weighted by atomic mass is 14.5. The summed E-state index contributed by atoms with van der Waals surface area (Å²) in [4.78, 5) is 0. The summed E-state index contributed by atoms with van der Waals surface area (Å²) in [6, 6.07) is 131. The highest BCUT2D eigenvalue weighted by molar-refractivity contribution is 6.36. The van der Waals surface area contributed by atoms with Crippen LogP contribution in [0.25, 0.3) is 188 Å². The third-order valence-electron chi connectivity index (χ3n) is 26.3. The predicted octanol–water partition coefficient (Wildman–Crippen LogP) is 30.0. The van der Waals surface area contributed by atoms with E-state index in [1.54, 1.807) is 0 Å². The van der Waals surface area contributed by atoms with Gasteiger partial charge in [0.05, 0.1) is 0 Å². The van der Waals surface area contributed by atoms with Crippen molar-refractivity contribution in [2.24, 2.45) is 0 Å². The maximum absolute atomic E-state index is 2.64. The number of rotatable bonds is 9. The second-order valence-corrected chi connectivity index (χ2v) is 33.7. The van der Waals surface area contributed by atoms with Gasteiger partial charge in [-0.1, -0.05) is 328 Å². The van der Waals surface area contributed by atoms with E-state index in [1.165, 1.54) is 232 Å². The van der Waals surface area contributed by atoms with Crippen LogP contribution in [0.5, 0.6) is 0 Å². The maximum Gasteiger partial charge on any atom is 0.0159 e. The van der Waals surface area contributed by atoms with Crippen molar-refractivity contribution in [3.63, 3.8) is 0 Å². The van der Waals surface area contributed by atoms with Crippen molar-refractivity contribution in [1.29, 1.82) is 0 Å². The van der Waals surface area contributed by atoms with Gasteiger partial charge in [0.15, 0.2) is 0 Å². The van der Waals surface area contributed by atoms with Gasteiger partial charge in [-0.25, -0.2) is 0 Å². The Morgan fingerprint density at radius 3 is 0.809 bits per heavy atom. The summed E-state index contributed by atoms with van der Waals surface area (Å²) in [5.74, 6) is 0. The Hall–Kier alpha value is -12.7. The van der Waals surface area contributed by atoms with E-state index >= 15 is 0 Å². The standard InChI is InChI=1S/C110H80/c1-107(2)91-45-26-22-41-82(91)104-94(107)51-48-78(66-32-15-10-16-33-66)100(104)75-56-73-55-72(85-59-71(70-39-29-38-69(54-70)65-30-13-9-14-31-65)64-97-103(85)81-40-21-25-44-90(81)110(97,7)8)60-86-87-61-76(101-79(67-34-17-11-18-35-67)49-52-95-105(101)83-42-23-27-46-92(83)108(95,3)4)57-74-58-77(63-89(99(74)87)88(62-75)98(73)86)102-80(68-36-19-12-20-37-68)50-53-96-106(102)84-43-24-28-47-93(84)109(96,5)6/h9-64H,1-8H3. The van der Waals surface area contributed by atoms with Crippen molar-refractivity contribution in [3.8, 4) is 145 Å². The second-order valence-electron chi connectivity index (χ2n) is 33.7. The minimum absolute atomic E-state index is 0.243. The molecule has 0 saturated carbocycles. The molecule has 4 aliphatic carbocycles. The quantitative estimate of drug-likeness (QED) is 0.0998. The second kappa shape index (κ2) is 23.4. The normalized spacial score (nSPS) is 14.7. The lowest BCUT2D eigenvalue weighted by Crippen LogP contribution is -2.15. The Morgan fingerprint density at radius 1 is 0.145 bits per heavy atom. The van der Waals surface area contributed by atoms with Gasteiger partial charge in [0.2, 0.25) is 0 Å². The summed E-state index contributed by atoms with van der Waals surface area (Å²) in [6.07, 6.45) is 0. The van der Waals surface area contributed by atoms with Crippen LogP contribution in [0.4, 0.5) is 0 Å². The van der Waals surface area contributed by atoms with Gasteiger partial charge in [0.25, 0.3) is 0 Å². The fourth-order valence-electron chi connectivity index (χ4n) is 21.0. The average molecular weight is 1400 g/mol. The molecule has 0 saturated heterocycles. The molecule has 520 valence electrons. The molecule has 0 aromatic heterocycles. The first kappa shape index (κ1) is 64.4. The van der Waals surface area contributed by atoms with Gasteiger partial charge in [-0.2, -0.15) is 0 Å². The van der Waals surface area contributed by atoms with Crippen LogP contribution in [-0.2, 0) is 21.7 Å². The fourth-order valence-corrected chi connectivity index (χ4v) is 21.0. The molecule has 22 rings (SSSR count). The van der Waals surface area contributed by atoms with Crippen LogP contribution >= 0.6 is 0 Å². The minimum Gasteiger partial charge on any atom is -0.0622 e. The van der Waals surface area contributed by atoms with Gasteiger partial charge in [-0.3, -0.25) is 0 Å². The molecule has 0 atom stereocenters. The fraction of sp³-hybridized carbons (Fsp3) is 0.109. The molecule has 18 aromatic carbocycles. The molecule has 0 bridgehead atoms. The number of hydrogen-bond acceptors (Lipinski definition) is 0. The van der Waals surface area contributed by atoms with E-state index in [-0.39, 0.29) is 21.7 Å².